The molecule has 0 heterocycles. The second-order valence-corrected chi connectivity index (χ2v) is 10.0. The van der Waals surface area contributed by atoms with Crippen LogP contribution in [0.15, 0.2) is 78.9 Å². The van der Waals surface area contributed by atoms with Crippen molar-refractivity contribution < 1.29 is 48.6 Å². The molecule has 0 aromatic heterocycles. The van der Waals surface area contributed by atoms with Gasteiger partial charge in [0.05, 0.1) is 5.56 Å². The maximum Gasteiger partial charge on any atom is 0.527 e. The minimum absolute atomic E-state index is 0.0385. The molecule has 0 atom stereocenters. The van der Waals surface area contributed by atoms with Crippen molar-refractivity contribution >= 4 is 10.8 Å². The van der Waals surface area contributed by atoms with Crippen molar-refractivity contribution in [3.8, 4) is 33.4 Å². The Labute approximate surface area is 244 Å². The van der Waals surface area contributed by atoms with E-state index in [9.17, 15) is 30.7 Å². The fourth-order valence-corrected chi connectivity index (χ4v) is 5.04. The summed E-state index contributed by atoms with van der Waals surface area (Å²) in [5.74, 6) is -8.20. The summed E-state index contributed by atoms with van der Waals surface area (Å²) in [6.07, 6.45) is -9.48. The Balaban J connectivity index is 1.46. The van der Waals surface area contributed by atoms with Crippen molar-refractivity contribution in [1.82, 2.24) is 0 Å². The van der Waals surface area contributed by atoms with Crippen LogP contribution in [0.5, 0.6) is 0 Å². The minimum Gasteiger partial charge on any atom is -0.222 e. The maximum atomic E-state index is 15.2. The van der Waals surface area contributed by atoms with Gasteiger partial charge in [-0.1, -0.05) is 55.8 Å². The Kier molecular flexibility index (Phi) is 8.19. The molecule has 0 N–H and O–H groups in total. The third-order valence-electron chi connectivity index (χ3n) is 6.96. The van der Waals surface area contributed by atoms with Gasteiger partial charge in [0.2, 0.25) is 0 Å². The van der Waals surface area contributed by atoms with Gasteiger partial charge in [0.15, 0.2) is 0 Å². The number of aryl methyl sites for hydroxylation is 1. The first-order valence-electron chi connectivity index (χ1n) is 13.1. The number of fused-ring (bicyclic) bond motifs is 1. The molecule has 0 amide bonds. The zero-order valence-corrected chi connectivity index (χ0v) is 22.6. The van der Waals surface area contributed by atoms with Crippen LogP contribution in [-0.2, 0) is 17.3 Å². The maximum absolute atomic E-state index is 15.2. The lowest BCUT2D eigenvalue weighted by atomic mass is 9.95. The van der Waals surface area contributed by atoms with Crippen LogP contribution in [0.4, 0.5) is 43.9 Å². The largest absolute Gasteiger partial charge is 0.527 e. The molecule has 44 heavy (non-hydrogen) atoms. The lowest BCUT2D eigenvalue weighted by molar-refractivity contribution is -0.432. The summed E-state index contributed by atoms with van der Waals surface area (Å²) < 4.78 is 141. The van der Waals surface area contributed by atoms with Crippen molar-refractivity contribution in [3.05, 3.63) is 119 Å². The molecular weight excluding hydrogens is 602 g/mol. The number of halogens is 10. The Bertz CT molecular complexity index is 1830. The summed E-state index contributed by atoms with van der Waals surface area (Å²) in [6.45, 7) is 2.08. The molecule has 0 fully saturated rings. The van der Waals surface area contributed by atoms with Gasteiger partial charge in [0.1, 0.15) is 34.6 Å². The Hall–Kier alpha value is -4.38. The lowest BCUT2D eigenvalue weighted by Crippen LogP contribution is -2.29. The molecular formula is C33H20F10O. The van der Waals surface area contributed by atoms with E-state index in [1.54, 1.807) is 6.07 Å². The van der Waals surface area contributed by atoms with Gasteiger partial charge in [0.25, 0.3) is 0 Å². The van der Waals surface area contributed by atoms with E-state index < -0.39 is 58.2 Å². The van der Waals surface area contributed by atoms with E-state index in [1.807, 2.05) is 30.3 Å². The third kappa shape index (κ3) is 6.28. The first-order valence-corrected chi connectivity index (χ1v) is 13.1. The van der Waals surface area contributed by atoms with Gasteiger partial charge in [-0.3, -0.25) is 0 Å². The number of hydrogen-bond donors (Lipinski definition) is 0. The molecule has 228 valence electrons. The Morgan fingerprint density at radius 2 is 1.07 bits per heavy atom. The number of rotatable bonds is 7. The summed E-state index contributed by atoms with van der Waals surface area (Å²) in [7, 11) is 0. The smallest absolute Gasteiger partial charge is 0.222 e. The molecule has 0 aliphatic rings. The Morgan fingerprint density at radius 1 is 0.545 bits per heavy atom. The van der Waals surface area contributed by atoms with Crippen LogP contribution in [0.3, 0.4) is 0 Å². The molecule has 5 aromatic rings. The van der Waals surface area contributed by atoms with Gasteiger partial charge in [-0.15, -0.1) is 13.2 Å². The second-order valence-electron chi connectivity index (χ2n) is 10.0. The lowest BCUT2D eigenvalue weighted by Gasteiger charge is -2.20. The summed E-state index contributed by atoms with van der Waals surface area (Å²) in [6, 6.07) is 17.1. The van der Waals surface area contributed by atoms with Crippen molar-refractivity contribution in [1.29, 1.82) is 0 Å². The summed E-state index contributed by atoms with van der Waals surface area (Å²) in [4.78, 5) is 0. The number of alkyl halides is 5. The van der Waals surface area contributed by atoms with Crippen molar-refractivity contribution in [2.75, 3.05) is 0 Å². The molecule has 11 heteroatoms. The highest BCUT2D eigenvalue weighted by Gasteiger charge is 2.49. The van der Waals surface area contributed by atoms with Gasteiger partial charge in [-0.05, 0) is 81.4 Å². The molecule has 0 aliphatic carbocycles. The van der Waals surface area contributed by atoms with Gasteiger partial charge in [0, 0.05) is 5.56 Å². The predicted molar refractivity (Wildman–Crippen MR) is 145 cm³/mol. The number of ether oxygens (including phenoxy) is 1. The monoisotopic (exact) mass is 622 g/mol. The van der Waals surface area contributed by atoms with Gasteiger partial charge in [-0.25, -0.2) is 26.7 Å². The van der Waals surface area contributed by atoms with Gasteiger partial charge >= 0.3 is 12.5 Å². The third-order valence-corrected chi connectivity index (χ3v) is 6.96. The van der Waals surface area contributed by atoms with Gasteiger partial charge in [-0.2, -0.15) is 8.78 Å². The zero-order chi connectivity index (χ0) is 32.0. The molecule has 0 aliphatic heterocycles. The summed E-state index contributed by atoms with van der Waals surface area (Å²) >= 11 is 0. The molecule has 0 unspecified atom stereocenters. The first-order chi connectivity index (χ1) is 20.7. The van der Waals surface area contributed by atoms with Crippen LogP contribution in [0, 0.1) is 29.1 Å². The van der Waals surface area contributed by atoms with Crippen molar-refractivity contribution in [2.45, 2.75) is 32.2 Å². The molecule has 0 spiro atoms. The quantitative estimate of drug-likeness (QED) is 0.164. The highest BCUT2D eigenvalue weighted by molar-refractivity contribution is 5.88. The fourth-order valence-electron chi connectivity index (χ4n) is 5.04. The van der Waals surface area contributed by atoms with E-state index in [4.69, 9.17) is 0 Å². The van der Waals surface area contributed by atoms with E-state index in [0.717, 1.165) is 23.6 Å². The molecule has 0 radical (unpaired) electrons. The predicted octanol–water partition coefficient (Wildman–Crippen LogP) is 11.1. The molecule has 0 saturated carbocycles. The molecule has 5 rings (SSSR count). The van der Waals surface area contributed by atoms with Crippen LogP contribution in [0.25, 0.3) is 44.2 Å². The molecule has 5 aromatic carbocycles. The van der Waals surface area contributed by atoms with Crippen LogP contribution in [0.2, 0.25) is 0 Å². The summed E-state index contributed by atoms with van der Waals surface area (Å²) in [5, 5.41) is 1.95. The first kappa shape index (κ1) is 31.1. The van der Waals surface area contributed by atoms with Crippen LogP contribution >= 0.6 is 0 Å². The van der Waals surface area contributed by atoms with Crippen LogP contribution in [-0.4, -0.2) is 6.36 Å². The average Bonchev–Trinajstić information content (AvgIpc) is 2.90. The second kappa shape index (κ2) is 11.6. The van der Waals surface area contributed by atoms with Crippen LogP contribution < -0.4 is 0 Å². The van der Waals surface area contributed by atoms with Crippen molar-refractivity contribution in [3.63, 3.8) is 0 Å². The summed E-state index contributed by atoms with van der Waals surface area (Å²) in [5.41, 5.74) is -2.52. The normalized spacial score (nSPS) is 12.2. The van der Waals surface area contributed by atoms with Crippen molar-refractivity contribution in [2.24, 2.45) is 0 Å². The van der Waals surface area contributed by atoms with E-state index in [0.29, 0.717) is 23.3 Å². The molecule has 0 bridgehead atoms. The standard InChI is InChI=1S/C33H20F10O/c1-2-3-17-4-5-19-11-20(7-6-18(19)10-17)21-8-9-24(25(34)12-21)22-13-26(35)30(27(36)14-22)23-15-28(37)31(29(38)16-23)32(39,40)44-33(41,42)43/h4-16H,2-3H2,1H3. The van der Waals surface area contributed by atoms with E-state index in [1.165, 1.54) is 17.7 Å². The number of benzene rings is 5. The fraction of sp³-hybridized carbons (Fsp3) is 0.152. The van der Waals surface area contributed by atoms with E-state index in [-0.39, 0.29) is 23.3 Å². The highest BCUT2D eigenvalue weighted by atomic mass is 19.4. The topological polar surface area (TPSA) is 9.23 Å². The zero-order valence-electron chi connectivity index (χ0n) is 22.6. The SMILES string of the molecule is CCCc1ccc2cc(-c3ccc(-c4cc(F)c(-c5cc(F)c(C(F)(F)OC(F)(F)F)c(F)c5)c(F)c4)c(F)c3)ccc2c1. The average molecular weight is 623 g/mol. The van der Waals surface area contributed by atoms with E-state index in [2.05, 4.69) is 17.7 Å². The Morgan fingerprint density at radius 3 is 1.66 bits per heavy atom. The highest BCUT2D eigenvalue weighted by Crippen LogP contribution is 2.41. The number of hydrogen-bond acceptors (Lipinski definition) is 1. The molecule has 1 nitrogen and oxygen atoms in total. The van der Waals surface area contributed by atoms with Crippen LogP contribution in [0.1, 0.15) is 24.5 Å². The minimum atomic E-state index is -5.95. The molecule has 0 saturated heterocycles. The van der Waals surface area contributed by atoms with E-state index >= 15 is 13.2 Å². The van der Waals surface area contributed by atoms with Gasteiger partial charge < -0.3 is 0 Å².